The Morgan fingerprint density at radius 2 is 1.80 bits per heavy atom. The number of nitrogens with one attached hydrogen (secondary N) is 3. The number of carbonyl (C=O) groups is 4. The van der Waals surface area contributed by atoms with Crippen molar-refractivity contribution in [3.63, 3.8) is 0 Å². The molecule has 2 aromatic carbocycles. The predicted octanol–water partition coefficient (Wildman–Crippen LogP) is 0.789. The molecule has 10 nitrogen and oxygen atoms in total. The molecular formula is C20H19N3O7. The second kappa shape index (κ2) is 9.41. The summed E-state index contributed by atoms with van der Waals surface area (Å²) in [7, 11) is 0. The van der Waals surface area contributed by atoms with E-state index < -0.39 is 30.5 Å². The van der Waals surface area contributed by atoms with Crippen LogP contribution in [-0.2, 0) is 19.1 Å². The zero-order valence-electron chi connectivity index (χ0n) is 16.0. The van der Waals surface area contributed by atoms with E-state index in [1.807, 2.05) is 0 Å². The molecule has 10 heteroatoms. The fraction of sp³-hybridized carbons (Fsp3) is 0.200. The Bertz CT molecular complexity index is 976. The standard InChI is InChI=1S/C20H19N3O7/c1-12(24)21-14-6-4-5-13(9-14)20(27)29-11-18(25)22-23-19(26)17-10-28-15-7-2-3-8-16(15)30-17/h2-9,17H,10-11H2,1H3,(H,21,24)(H,22,25)(H,23,26)/t17-/m1/s1. The third kappa shape index (κ3) is 5.47. The van der Waals surface area contributed by atoms with Crippen LogP contribution in [0, 0.1) is 0 Å². The number of para-hydroxylation sites is 2. The lowest BCUT2D eigenvalue weighted by Gasteiger charge is -2.25. The van der Waals surface area contributed by atoms with Gasteiger partial charge < -0.3 is 19.5 Å². The van der Waals surface area contributed by atoms with Crippen LogP contribution in [0.4, 0.5) is 5.69 Å². The van der Waals surface area contributed by atoms with Crippen molar-refractivity contribution >= 4 is 29.4 Å². The summed E-state index contributed by atoms with van der Waals surface area (Å²) in [6.07, 6.45) is -0.945. The number of hydrogen-bond acceptors (Lipinski definition) is 7. The number of rotatable bonds is 5. The number of fused-ring (bicyclic) bond motifs is 1. The van der Waals surface area contributed by atoms with Crippen molar-refractivity contribution in [2.45, 2.75) is 13.0 Å². The highest BCUT2D eigenvalue weighted by atomic mass is 16.6. The molecule has 0 bridgehead atoms. The van der Waals surface area contributed by atoms with Gasteiger partial charge in [0.05, 0.1) is 5.56 Å². The number of benzene rings is 2. The zero-order chi connectivity index (χ0) is 21.5. The summed E-state index contributed by atoms with van der Waals surface area (Å²) in [4.78, 5) is 47.1. The number of amides is 3. The van der Waals surface area contributed by atoms with Crippen molar-refractivity contribution < 1.29 is 33.4 Å². The fourth-order valence-electron chi connectivity index (χ4n) is 2.54. The first-order valence-corrected chi connectivity index (χ1v) is 8.94. The number of esters is 1. The third-order valence-electron chi connectivity index (χ3n) is 3.88. The van der Waals surface area contributed by atoms with Crippen LogP contribution in [0.25, 0.3) is 0 Å². The summed E-state index contributed by atoms with van der Waals surface area (Å²) < 4.78 is 15.9. The number of ether oxygens (including phenoxy) is 3. The van der Waals surface area contributed by atoms with Crippen molar-refractivity contribution in [2.75, 3.05) is 18.5 Å². The van der Waals surface area contributed by atoms with Gasteiger partial charge in [0.25, 0.3) is 11.8 Å². The molecule has 0 spiro atoms. The molecule has 2 aromatic rings. The number of anilines is 1. The lowest BCUT2D eigenvalue weighted by atomic mass is 10.2. The molecule has 0 unspecified atom stereocenters. The number of carbonyl (C=O) groups excluding carboxylic acids is 4. The minimum atomic E-state index is -0.945. The second-order valence-corrected chi connectivity index (χ2v) is 6.24. The first-order chi connectivity index (χ1) is 14.4. The van der Waals surface area contributed by atoms with Gasteiger partial charge in [-0.3, -0.25) is 25.2 Å². The van der Waals surface area contributed by atoms with E-state index in [-0.39, 0.29) is 18.1 Å². The Hall–Kier alpha value is -4.08. The molecule has 1 heterocycles. The van der Waals surface area contributed by atoms with Gasteiger partial charge in [0, 0.05) is 12.6 Å². The molecule has 0 saturated carbocycles. The SMILES string of the molecule is CC(=O)Nc1cccc(C(=O)OCC(=O)NNC(=O)[C@H]2COc3ccccc3O2)c1. The summed E-state index contributed by atoms with van der Waals surface area (Å²) in [5, 5.41) is 2.54. The Morgan fingerprint density at radius 1 is 1.03 bits per heavy atom. The Morgan fingerprint density at radius 3 is 2.57 bits per heavy atom. The van der Waals surface area contributed by atoms with Crippen LogP contribution < -0.4 is 25.6 Å². The molecule has 3 amide bonds. The van der Waals surface area contributed by atoms with Crippen LogP contribution in [0.2, 0.25) is 0 Å². The van der Waals surface area contributed by atoms with Crippen LogP contribution in [-0.4, -0.2) is 43.0 Å². The van der Waals surface area contributed by atoms with Gasteiger partial charge in [0.15, 0.2) is 18.1 Å². The molecule has 1 aliphatic heterocycles. The normalized spacial score (nSPS) is 14.2. The van der Waals surface area contributed by atoms with Gasteiger partial charge in [-0.15, -0.1) is 0 Å². The third-order valence-corrected chi connectivity index (χ3v) is 3.88. The molecule has 0 fully saturated rings. The van der Waals surface area contributed by atoms with Gasteiger partial charge in [0.2, 0.25) is 12.0 Å². The highest BCUT2D eigenvalue weighted by Gasteiger charge is 2.27. The molecule has 0 radical (unpaired) electrons. The van der Waals surface area contributed by atoms with E-state index in [1.165, 1.54) is 19.1 Å². The van der Waals surface area contributed by atoms with Gasteiger partial charge in [0.1, 0.15) is 6.61 Å². The molecular weight excluding hydrogens is 394 g/mol. The Balaban J connectivity index is 1.43. The van der Waals surface area contributed by atoms with Crippen molar-refractivity contribution in [2.24, 2.45) is 0 Å². The summed E-state index contributed by atoms with van der Waals surface area (Å²) in [5.41, 5.74) is 4.91. The van der Waals surface area contributed by atoms with E-state index in [0.717, 1.165) is 0 Å². The highest BCUT2D eigenvalue weighted by molar-refractivity contribution is 5.94. The van der Waals surface area contributed by atoms with Gasteiger partial charge >= 0.3 is 5.97 Å². The smallest absolute Gasteiger partial charge is 0.338 e. The average Bonchev–Trinajstić information content (AvgIpc) is 2.75. The van der Waals surface area contributed by atoms with Crippen LogP contribution in [0.15, 0.2) is 48.5 Å². The van der Waals surface area contributed by atoms with Gasteiger partial charge in [-0.1, -0.05) is 18.2 Å². The topological polar surface area (TPSA) is 132 Å². The minimum Gasteiger partial charge on any atom is -0.485 e. The first kappa shape index (κ1) is 20.6. The van der Waals surface area contributed by atoms with E-state index in [0.29, 0.717) is 17.2 Å². The molecule has 0 aromatic heterocycles. The van der Waals surface area contributed by atoms with E-state index >= 15 is 0 Å². The summed E-state index contributed by atoms with van der Waals surface area (Å²) >= 11 is 0. The average molecular weight is 413 g/mol. The quantitative estimate of drug-likeness (QED) is 0.488. The van der Waals surface area contributed by atoms with Crippen molar-refractivity contribution in [1.82, 2.24) is 10.9 Å². The molecule has 3 rings (SSSR count). The summed E-state index contributed by atoms with van der Waals surface area (Å²) in [5.74, 6) is -1.46. The molecule has 156 valence electrons. The fourth-order valence-corrected chi connectivity index (χ4v) is 2.54. The second-order valence-electron chi connectivity index (χ2n) is 6.24. The predicted molar refractivity (Wildman–Crippen MR) is 104 cm³/mol. The van der Waals surface area contributed by atoms with Crippen molar-refractivity contribution in [1.29, 1.82) is 0 Å². The van der Waals surface area contributed by atoms with Crippen LogP contribution in [0.1, 0.15) is 17.3 Å². The van der Waals surface area contributed by atoms with Crippen molar-refractivity contribution in [3.8, 4) is 11.5 Å². The lowest BCUT2D eigenvalue weighted by molar-refractivity contribution is -0.135. The van der Waals surface area contributed by atoms with Gasteiger partial charge in [-0.05, 0) is 30.3 Å². The van der Waals surface area contributed by atoms with Gasteiger partial charge in [-0.2, -0.15) is 0 Å². The highest BCUT2D eigenvalue weighted by Crippen LogP contribution is 2.30. The maximum Gasteiger partial charge on any atom is 0.338 e. The Kier molecular flexibility index (Phi) is 6.48. The monoisotopic (exact) mass is 413 g/mol. The molecule has 3 N–H and O–H groups in total. The maximum atomic E-state index is 12.1. The largest absolute Gasteiger partial charge is 0.485 e. The molecule has 0 aliphatic carbocycles. The molecule has 0 saturated heterocycles. The molecule has 1 atom stereocenters. The number of hydrazine groups is 1. The van der Waals surface area contributed by atoms with Crippen LogP contribution in [0.3, 0.4) is 0 Å². The summed E-state index contributed by atoms with van der Waals surface area (Å²) in [6, 6.07) is 13.0. The first-order valence-electron chi connectivity index (χ1n) is 8.94. The van der Waals surface area contributed by atoms with Crippen LogP contribution >= 0.6 is 0 Å². The van der Waals surface area contributed by atoms with E-state index in [9.17, 15) is 19.2 Å². The van der Waals surface area contributed by atoms with E-state index in [1.54, 1.807) is 36.4 Å². The summed E-state index contributed by atoms with van der Waals surface area (Å²) in [6.45, 7) is 0.708. The van der Waals surface area contributed by atoms with E-state index in [2.05, 4.69) is 16.2 Å². The maximum absolute atomic E-state index is 12.1. The Labute approximate surface area is 171 Å². The van der Waals surface area contributed by atoms with Crippen LogP contribution in [0.5, 0.6) is 11.5 Å². The van der Waals surface area contributed by atoms with Crippen molar-refractivity contribution in [3.05, 3.63) is 54.1 Å². The zero-order valence-corrected chi connectivity index (χ0v) is 16.0. The molecule has 30 heavy (non-hydrogen) atoms. The van der Waals surface area contributed by atoms with Gasteiger partial charge in [-0.25, -0.2) is 4.79 Å². The van der Waals surface area contributed by atoms with E-state index in [4.69, 9.17) is 14.2 Å². The lowest BCUT2D eigenvalue weighted by Crippen LogP contribution is -2.51. The number of hydrogen-bond donors (Lipinski definition) is 3. The minimum absolute atomic E-state index is 0.0155. The molecule has 1 aliphatic rings.